The number of imidazole rings is 1. The minimum absolute atomic E-state index is 0. The van der Waals surface area contributed by atoms with Gasteiger partial charge in [-0.1, -0.05) is 0 Å². The van der Waals surface area contributed by atoms with Crippen molar-refractivity contribution in [1.29, 1.82) is 0 Å². The second-order valence-corrected chi connectivity index (χ2v) is 8.68. The molecule has 0 spiro atoms. The van der Waals surface area contributed by atoms with Gasteiger partial charge in [0.15, 0.2) is 11.6 Å². The van der Waals surface area contributed by atoms with Crippen molar-refractivity contribution in [2.45, 2.75) is 32.2 Å². The van der Waals surface area contributed by atoms with Gasteiger partial charge in [0.2, 0.25) is 0 Å². The summed E-state index contributed by atoms with van der Waals surface area (Å²) >= 11 is 1.24. The molecule has 31 heavy (non-hydrogen) atoms. The topological polar surface area (TPSA) is 86.3 Å². The third-order valence-electron chi connectivity index (χ3n) is 5.07. The average Bonchev–Trinajstić information content (AvgIpc) is 3.36. The summed E-state index contributed by atoms with van der Waals surface area (Å²) in [5.41, 5.74) is 0.0905. The van der Waals surface area contributed by atoms with Crippen LogP contribution in [0.2, 0.25) is 0 Å². The number of nitro groups is 1. The monoisotopic (exact) mass is 471 g/mol. The van der Waals surface area contributed by atoms with Crippen molar-refractivity contribution in [3.05, 3.63) is 56.5 Å². The maximum absolute atomic E-state index is 14.0. The molecule has 2 aliphatic heterocycles. The summed E-state index contributed by atoms with van der Waals surface area (Å²) in [6, 6.07) is 1.56. The second-order valence-electron chi connectivity index (χ2n) is 7.60. The van der Waals surface area contributed by atoms with Crippen LogP contribution in [0.4, 0.5) is 19.0 Å². The molecule has 1 aromatic carbocycles. The van der Waals surface area contributed by atoms with E-state index < -0.39 is 28.0 Å². The van der Waals surface area contributed by atoms with Crippen LogP contribution in [-0.2, 0) is 19.6 Å². The minimum Gasteiger partial charge on any atom is -0.436 e. The Bertz CT molecular complexity index is 1150. The Balaban J connectivity index is 0.00000231. The summed E-state index contributed by atoms with van der Waals surface area (Å²) in [4.78, 5) is 21.6. The van der Waals surface area contributed by atoms with E-state index in [0.717, 1.165) is 16.6 Å². The lowest BCUT2D eigenvalue weighted by atomic mass is 10.1. The van der Waals surface area contributed by atoms with Crippen molar-refractivity contribution in [1.82, 2.24) is 19.4 Å². The van der Waals surface area contributed by atoms with Gasteiger partial charge in [0, 0.05) is 41.1 Å². The van der Waals surface area contributed by atoms with Gasteiger partial charge < -0.3 is 14.9 Å². The van der Waals surface area contributed by atoms with E-state index in [1.807, 2.05) is 6.92 Å². The molecule has 0 bridgehead atoms. The van der Waals surface area contributed by atoms with Gasteiger partial charge in [0.1, 0.15) is 22.6 Å². The van der Waals surface area contributed by atoms with E-state index in [-0.39, 0.29) is 30.9 Å². The molecular formula is C18H16F3N5O3S2. The Morgan fingerprint density at radius 2 is 1.97 bits per heavy atom. The van der Waals surface area contributed by atoms with Crippen LogP contribution in [0.25, 0.3) is 10.6 Å². The number of ether oxygens (including phenoxy) is 1. The van der Waals surface area contributed by atoms with E-state index in [1.54, 1.807) is 4.57 Å². The molecule has 0 N–H and O–H groups in total. The highest BCUT2D eigenvalue weighted by molar-refractivity contribution is 7.59. The fourth-order valence-electron chi connectivity index (χ4n) is 3.85. The number of nitrogens with zero attached hydrogens (tertiary/aromatic N) is 5. The highest BCUT2D eigenvalue weighted by Crippen LogP contribution is 2.37. The van der Waals surface area contributed by atoms with Gasteiger partial charge in [-0.25, -0.2) is 18.2 Å². The Labute approximate surface area is 184 Å². The van der Waals surface area contributed by atoms with Crippen LogP contribution in [0.3, 0.4) is 0 Å². The first-order valence-corrected chi connectivity index (χ1v) is 9.79. The first kappa shape index (κ1) is 21.6. The summed E-state index contributed by atoms with van der Waals surface area (Å²) in [7, 11) is 0. The molecule has 164 valence electrons. The zero-order valence-electron chi connectivity index (χ0n) is 16.1. The number of halogens is 3. The molecule has 0 aliphatic carbocycles. The third kappa shape index (κ3) is 3.77. The molecule has 2 aliphatic rings. The predicted octanol–water partition coefficient (Wildman–Crippen LogP) is 3.61. The Morgan fingerprint density at radius 1 is 1.23 bits per heavy atom. The molecule has 3 aromatic rings. The van der Waals surface area contributed by atoms with E-state index in [2.05, 4.69) is 14.9 Å². The molecule has 8 nitrogen and oxygen atoms in total. The number of hydrogen-bond acceptors (Lipinski definition) is 7. The lowest BCUT2D eigenvalue weighted by Crippen LogP contribution is -2.43. The van der Waals surface area contributed by atoms with Crippen molar-refractivity contribution in [2.24, 2.45) is 0 Å². The molecular weight excluding hydrogens is 455 g/mol. The molecule has 2 aromatic heterocycles. The number of rotatable bonds is 4. The van der Waals surface area contributed by atoms with Gasteiger partial charge in [0.25, 0.3) is 0 Å². The normalized spacial score (nSPS) is 19.6. The third-order valence-corrected chi connectivity index (χ3v) is 6.19. The van der Waals surface area contributed by atoms with Crippen molar-refractivity contribution < 1.29 is 22.8 Å². The van der Waals surface area contributed by atoms with Gasteiger partial charge in [-0.05, 0) is 17.9 Å². The highest BCUT2D eigenvalue weighted by atomic mass is 32.1. The number of benzene rings is 1. The largest absolute Gasteiger partial charge is 0.436 e. The van der Waals surface area contributed by atoms with Crippen LogP contribution < -0.4 is 4.74 Å². The molecule has 1 atom stereocenters. The highest BCUT2D eigenvalue weighted by Gasteiger charge is 2.42. The zero-order valence-corrected chi connectivity index (χ0v) is 17.9. The minimum atomic E-state index is -1.23. The van der Waals surface area contributed by atoms with E-state index in [1.165, 1.54) is 17.5 Å². The summed E-state index contributed by atoms with van der Waals surface area (Å²) in [5, 5.41) is 11.1. The van der Waals surface area contributed by atoms with Crippen molar-refractivity contribution >= 4 is 30.7 Å². The van der Waals surface area contributed by atoms with Crippen molar-refractivity contribution in [3.8, 4) is 16.6 Å². The molecule has 0 unspecified atom stereocenters. The lowest BCUT2D eigenvalue weighted by molar-refractivity contribution is -0.389. The number of aromatic nitrogens is 3. The number of hydrogen-bond donors (Lipinski definition) is 0. The first-order chi connectivity index (χ1) is 14.2. The molecule has 4 heterocycles. The van der Waals surface area contributed by atoms with Gasteiger partial charge in [-0.3, -0.25) is 9.47 Å². The average molecular weight is 471 g/mol. The molecule has 0 radical (unpaired) electrons. The quantitative estimate of drug-likeness (QED) is 0.328. The van der Waals surface area contributed by atoms with Crippen molar-refractivity contribution in [2.75, 3.05) is 6.54 Å². The maximum Gasteiger partial charge on any atom is 0.415 e. The fraction of sp³-hybridized carbons (Fsp3) is 0.333. The maximum atomic E-state index is 14.0. The number of thiazole rings is 1. The first-order valence-electron chi connectivity index (χ1n) is 8.97. The molecule has 13 heteroatoms. The fourth-order valence-corrected chi connectivity index (χ4v) is 4.98. The van der Waals surface area contributed by atoms with Crippen LogP contribution in [0, 0.1) is 27.6 Å². The molecule has 0 amide bonds. The van der Waals surface area contributed by atoms with Gasteiger partial charge in [-0.15, -0.1) is 11.3 Å². The van der Waals surface area contributed by atoms with E-state index in [4.69, 9.17) is 4.74 Å². The molecule has 0 saturated carbocycles. The Hall–Kier alpha value is -2.64. The van der Waals surface area contributed by atoms with Crippen LogP contribution in [-0.4, -0.2) is 36.5 Å². The summed E-state index contributed by atoms with van der Waals surface area (Å²) in [6.45, 7) is 3.90. The smallest absolute Gasteiger partial charge is 0.415 e. The molecule has 5 rings (SSSR count). The van der Waals surface area contributed by atoms with Crippen LogP contribution >= 0.6 is 24.8 Å². The van der Waals surface area contributed by atoms with E-state index >= 15 is 0 Å². The standard InChI is InChI=1S/C18H14F3N5O3S.H2S/c1-18(8-25-6-15(26(27)28)23-17(25)29-18)7-24-4-13-14(5-24)30-16(22-13)9-2-11(20)12(21)3-10(9)19;/h2-3,6H,4-5,7-8H2,1H3;1H2/t18-;/m0./s1. The molecule has 0 saturated heterocycles. The van der Waals surface area contributed by atoms with Gasteiger partial charge >= 0.3 is 11.8 Å². The zero-order chi connectivity index (χ0) is 21.2. The second kappa shape index (κ2) is 7.50. The molecule has 0 fully saturated rings. The summed E-state index contributed by atoms with van der Waals surface area (Å²) in [5.74, 6) is -3.46. The Morgan fingerprint density at radius 3 is 2.65 bits per heavy atom. The summed E-state index contributed by atoms with van der Waals surface area (Å²) in [6.07, 6.45) is 1.35. The SMILES string of the molecule is C[C@]1(CN2Cc3nc(-c4cc(F)c(F)cc4F)sc3C2)Cn2cc([N+](=O)[O-])nc2O1.S. The van der Waals surface area contributed by atoms with Crippen LogP contribution in [0.1, 0.15) is 17.5 Å². The number of fused-ring (bicyclic) bond motifs is 2. The summed E-state index contributed by atoms with van der Waals surface area (Å²) < 4.78 is 48.2. The Kier molecular flexibility index (Phi) is 5.22. The van der Waals surface area contributed by atoms with Crippen LogP contribution in [0.5, 0.6) is 6.01 Å². The van der Waals surface area contributed by atoms with Gasteiger partial charge in [-0.2, -0.15) is 13.5 Å². The van der Waals surface area contributed by atoms with E-state index in [0.29, 0.717) is 37.3 Å². The lowest BCUT2D eigenvalue weighted by Gasteiger charge is -2.27. The predicted molar refractivity (Wildman–Crippen MR) is 110 cm³/mol. The van der Waals surface area contributed by atoms with Crippen molar-refractivity contribution in [3.63, 3.8) is 0 Å². The van der Waals surface area contributed by atoms with E-state index in [9.17, 15) is 23.3 Å². The van der Waals surface area contributed by atoms with Gasteiger partial charge in [0.05, 0.1) is 12.2 Å². The van der Waals surface area contributed by atoms with Crippen LogP contribution in [0.15, 0.2) is 18.3 Å².